The fourth-order valence-electron chi connectivity index (χ4n) is 3.20. The average Bonchev–Trinajstić information content (AvgIpc) is 3.23. The summed E-state index contributed by atoms with van der Waals surface area (Å²) < 4.78 is 0. The van der Waals surface area contributed by atoms with Crippen LogP contribution in [-0.2, 0) is 16.0 Å². The van der Waals surface area contributed by atoms with Crippen LogP contribution < -0.4 is 5.32 Å². The number of H-pyrrole nitrogens is 1. The van der Waals surface area contributed by atoms with Crippen LogP contribution in [0.2, 0.25) is 0 Å². The number of rotatable bonds is 18. The molecule has 0 saturated heterocycles. The van der Waals surface area contributed by atoms with E-state index in [9.17, 15) is 14.7 Å². The Balaban J connectivity index is 1.99. The number of nitrogens with zero attached hydrogens (tertiary/aromatic N) is 1. The van der Waals surface area contributed by atoms with Crippen LogP contribution >= 0.6 is 0 Å². The Kier molecular flexibility index (Phi) is 15.0. The Labute approximate surface area is 181 Å². The van der Waals surface area contributed by atoms with Crippen molar-refractivity contribution in [3.8, 4) is 0 Å². The minimum absolute atomic E-state index is 0.199. The molecule has 0 aliphatic rings. The monoisotopic (exact) mass is 417 g/mol. The van der Waals surface area contributed by atoms with Crippen LogP contribution in [0.5, 0.6) is 0 Å². The summed E-state index contributed by atoms with van der Waals surface area (Å²) in [6.07, 6.45) is 25.1. The number of aliphatic carboxylic acids is 1. The number of nitrogens with one attached hydrogen (secondary N) is 2. The number of aromatic amines is 1. The number of amides is 1. The summed E-state index contributed by atoms with van der Waals surface area (Å²) in [5, 5.41) is 11.9. The summed E-state index contributed by atoms with van der Waals surface area (Å²) >= 11 is 0. The van der Waals surface area contributed by atoms with Gasteiger partial charge in [0.05, 0.1) is 6.33 Å². The second kappa shape index (κ2) is 17.5. The lowest BCUT2D eigenvalue weighted by atomic mass is 10.1. The molecule has 1 heterocycles. The second-order valence-corrected chi connectivity index (χ2v) is 7.75. The first-order chi connectivity index (χ1) is 14.6. The van der Waals surface area contributed by atoms with E-state index >= 15 is 0 Å². The van der Waals surface area contributed by atoms with Gasteiger partial charge >= 0.3 is 5.97 Å². The molecule has 0 radical (unpaired) electrons. The largest absolute Gasteiger partial charge is 0.480 e. The van der Waals surface area contributed by atoms with Crippen molar-refractivity contribution in [1.29, 1.82) is 0 Å². The first-order valence-corrected chi connectivity index (χ1v) is 11.4. The highest BCUT2D eigenvalue weighted by molar-refractivity contribution is 5.83. The number of carbonyl (C=O) groups is 2. The van der Waals surface area contributed by atoms with E-state index in [-0.39, 0.29) is 12.3 Å². The summed E-state index contributed by atoms with van der Waals surface area (Å²) in [5.74, 6) is -1.23. The summed E-state index contributed by atoms with van der Waals surface area (Å²) in [6.45, 7) is 2.22. The molecule has 0 aliphatic heterocycles. The normalized spacial score (nSPS) is 12.6. The van der Waals surface area contributed by atoms with E-state index in [0.717, 1.165) is 25.7 Å². The molecule has 0 spiro atoms. The highest BCUT2D eigenvalue weighted by atomic mass is 16.4. The minimum atomic E-state index is -1.03. The van der Waals surface area contributed by atoms with Crippen molar-refractivity contribution in [2.45, 2.75) is 96.4 Å². The van der Waals surface area contributed by atoms with Crippen molar-refractivity contribution >= 4 is 11.9 Å². The molecule has 30 heavy (non-hydrogen) atoms. The molecule has 1 atom stereocenters. The molecule has 0 fully saturated rings. The molecule has 0 saturated carbocycles. The second-order valence-electron chi connectivity index (χ2n) is 7.75. The first kappa shape index (κ1) is 25.7. The molecule has 168 valence electrons. The predicted octanol–water partition coefficient (Wildman–Crippen LogP) is 5.34. The maximum atomic E-state index is 12.0. The van der Waals surface area contributed by atoms with Crippen LogP contribution in [0, 0.1) is 0 Å². The fraction of sp³-hybridized carbons (Fsp3) is 0.625. The lowest BCUT2D eigenvalue weighted by Gasteiger charge is -2.13. The molecule has 6 nitrogen and oxygen atoms in total. The number of carbonyl (C=O) groups excluding carboxylic acids is 1. The number of hydrogen-bond donors (Lipinski definition) is 3. The molecule has 1 rings (SSSR count). The van der Waals surface area contributed by atoms with E-state index in [2.05, 4.69) is 46.5 Å². The van der Waals surface area contributed by atoms with Crippen LogP contribution in [0.1, 0.15) is 89.7 Å². The minimum Gasteiger partial charge on any atom is -0.480 e. The third kappa shape index (κ3) is 13.7. The van der Waals surface area contributed by atoms with Gasteiger partial charge in [0, 0.05) is 24.7 Å². The summed E-state index contributed by atoms with van der Waals surface area (Å²) in [5.41, 5.74) is 0.695. The molecular weight excluding hydrogens is 378 g/mol. The number of carboxylic acid groups (broad SMARTS) is 1. The van der Waals surface area contributed by atoms with Gasteiger partial charge in [-0.15, -0.1) is 0 Å². The Hall–Kier alpha value is -2.37. The number of aromatic nitrogens is 2. The Morgan fingerprint density at radius 3 is 2.27 bits per heavy atom. The fourth-order valence-corrected chi connectivity index (χ4v) is 3.20. The van der Waals surface area contributed by atoms with Gasteiger partial charge in [-0.05, 0) is 32.1 Å². The zero-order valence-electron chi connectivity index (χ0n) is 18.4. The highest BCUT2D eigenvalue weighted by Crippen LogP contribution is 2.09. The van der Waals surface area contributed by atoms with Gasteiger partial charge in [0.1, 0.15) is 6.04 Å². The molecule has 6 heteroatoms. The number of unbranched alkanes of at least 4 members (excludes halogenated alkanes) is 9. The van der Waals surface area contributed by atoms with Gasteiger partial charge in [0.2, 0.25) is 5.91 Å². The smallest absolute Gasteiger partial charge is 0.326 e. The van der Waals surface area contributed by atoms with Crippen molar-refractivity contribution in [1.82, 2.24) is 15.3 Å². The van der Waals surface area contributed by atoms with Gasteiger partial charge < -0.3 is 15.4 Å². The van der Waals surface area contributed by atoms with E-state index in [4.69, 9.17) is 0 Å². The van der Waals surface area contributed by atoms with Crippen LogP contribution in [0.15, 0.2) is 36.8 Å². The predicted molar refractivity (Wildman–Crippen MR) is 121 cm³/mol. The van der Waals surface area contributed by atoms with Gasteiger partial charge in [-0.2, -0.15) is 0 Å². The van der Waals surface area contributed by atoms with Crippen molar-refractivity contribution in [2.75, 3.05) is 0 Å². The number of allylic oxidation sites excluding steroid dienone is 4. The highest BCUT2D eigenvalue weighted by Gasteiger charge is 2.20. The van der Waals surface area contributed by atoms with Crippen molar-refractivity contribution in [3.05, 3.63) is 42.5 Å². The van der Waals surface area contributed by atoms with E-state index < -0.39 is 12.0 Å². The third-order valence-corrected chi connectivity index (χ3v) is 4.99. The molecule has 3 N–H and O–H groups in total. The van der Waals surface area contributed by atoms with Crippen LogP contribution in [0.4, 0.5) is 0 Å². The standard InChI is InChI=1S/C24H39N3O3/c1-2-3-4-5-6-7-8-9-10-11-12-13-14-15-16-17-23(28)27-22(24(29)30)18-21-19-25-20-26-21/h6-9,19-20,22H,2-5,10-18H2,1H3,(H,25,26)(H,27,28)(H,29,30)/b7-6-,9-8+. The van der Waals surface area contributed by atoms with Crippen molar-refractivity contribution in [3.63, 3.8) is 0 Å². The maximum absolute atomic E-state index is 12.0. The zero-order chi connectivity index (χ0) is 21.9. The molecule has 1 aromatic heterocycles. The van der Waals surface area contributed by atoms with Crippen molar-refractivity contribution < 1.29 is 14.7 Å². The molecule has 0 bridgehead atoms. The van der Waals surface area contributed by atoms with Crippen LogP contribution in [0.3, 0.4) is 0 Å². The Bertz CT molecular complexity index is 624. The number of carboxylic acids is 1. The Morgan fingerprint density at radius 2 is 1.67 bits per heavy atom. The van der Waals surface area contributed by atoms with Gasteiger partial charge in [-0.25, -0.2) is 9.78 Å². The molecule has 1 unspecified atom stereocenters. The maximum Gasteiger partial charge on any atom is 0.326 e. The average molecular weight is 418 g/mol. The lowest BCUT2D eigenvalue weighted by Crippen LogP contribution is -2.42. The van der Waals surface area contributed by atoms with Gasteiger partial charge in [0.15, 0.2) is 0 Å². The summed E-state index contributed by atoms with van der Waals surface area (Å²) in [7, 11) is 0. The van der Waals surface area contributed by atoms with Gasteiger partial charge in [-0.1, -0.05) is 69.8 Å². The number of imidazole rings is 1. The molecule has 0 aromatic carbocycles. The molecule has 1 aromatic rings. The van der Waals surface area contributed by atoms with E-state index in [1.807, 2.05) is 0 Å². The molecule has 1 amide bonds. The third-order valence-electron chi connectivity index (χ3n) is 4.99. The van der Waals surface area contributed by atoms with Crippen LogP contribution in [0.25, 0.3) is 0 Å². The van der Waals surface area contributed by atoms with Gasteiger partial charge in [0.25, 0.3) is 0 Å². The molecule has 0 aliphatic carbocycles. The quantitative estimate of drug-likeness (QED) is 0.222. The molecular formula is C24H39N3O3. The van der Waals surface area contributed by atoms with E-state index in [0.29, 0.717) is 12.1 Å². The summed E-state index contributed by atoms with van der Waals surface area (Å²) in [6, 6.07) is -0.919. The zero-order valence-corrected chi connectivity index (χ0v) is 18.4. The van der Waals surface area contributed by atoms with Gasteiger partial charge in [-0.3, -0.25) is 4.79 Å². The topological polar surface area (TPSA) is 95.1 Å². The number of hydrogen-bond acceptors (Lipinski definition) is 3. The van der Waals surface area contributed by atoms with E-state index in [1.54, 1.807) is 6.20 Å². The Morgan fingerprint density at radius 1 is 1.03 bits per heavy atom. The van der Waals surface area contributed by atoms with Crippen molar-refractivity contribution in [2.24, 2.45) is 0 Å². The van der Waals surface area contributed by atoms with Crippen LogP contribution in [-0.4, -0.2) is 33.0 Å². The SMILES string of the molecule is CCCCC/C=C\C=C\CCCCCCCCC(=O)NC(Cc1cnc[nH]1)C(=O)O. The summed E-state index contributed by atoms with van der Waals surface area (Å²) in [4.78, 5) is 30.1. The first-order valence-electron chi connectivity index (χ1n) is 11.4. The van der Waals surface area contributed by atoms with E-state index in [1.165, 1.54) is 51.3 Å². The lowest BCUT2D eigenvalue weighted by molar-refractivity contribution is -0.141.